The Kier molecular flexibility index (Phi) is 3.62. The third-order valence-corrected chi connectivity index (χ3v) is 2.08. The number of carbonyl (C=O) groups is 1. The van der Waals surface area contributed by atoms with E-state index in [4.69, 9.17) is 10.5 Å². The first-order chi connectivity index (χ1) is 7.10. The predicted molar refractivity (Wildman–Crippen MR) is 53.9 cm³/mol. The number of halogens is 1. The highest BCUT2D eigenvalue weighted by Crippen LogP contribution is 2.21. The minimum Gasteiger partial charge on any atom is -0.494 e. The molecule has 0 heterocycles. The summed E-state index contributed by atoms with van der Waals surface area (Å²) in [6.07, 6.45) is 0. The molecule has 0 saturated heterocycles. The van der Waals surface area contributed by atoms with Gasteiger partial charge in [-0.05, 0) is 24.7 Å². The first-order valence-corrected chi connectivity index (χ1v) is 4.40. The Balaban J connectivity index is 3.05. The van der Waals surface area contributed by atoms with Gasteiger partial charge < -0.3 is 15.8 Å². The van der Waals surface area contributed by atoms with Crippen LogP contribution in [0.1, 0.15) is 11.6 Å². The monoisotopic (exact) mass is 212 g/mol. The number of rotatable bonds is 4. The van der Waals surface area contributed by atoms with Gasteiger partial charge in [-0.15, -0.1) is 0 Å². The first kappa shape index (κ1) is 11.5. The van der Waals surface area contributed by atoms with Gasteiger partial charge in [0.05, 0.1) is 7.11 Å². The number of carbonyl (C=O) groups excluding carboxylic acids is 1. The largest absolute Gasteiger partial charge is 0.494 e. The normalized spacial score (nSPS) is 12.2. The Labute approximate surface area is 87.2 Å². The molecular weight excluding hydrogens is 199 g/mol. The van der Waals surface area contributed by atoms with Gasteiger partial charge in [-0.1, -0.05) is 6.07 Å². The topological polar surface area (TPSA) is 64.3 Å². The minimum absolute atomic E-state index is 0.137. The molecule has 0 saturated carbocycles. The number of hydrogen-bond acceptors (Lipinski definition) is 3. The molecule has 3 N–H and O–H groups in total. The fourth-order valence-electron chi connectivity index (χ4n) is 1.34. The van der Waals surface area contributed by atoms with Crippen molar-refractivity contribution in [2.24, 2.45) is 5.73 Å². The van der Waals surface area contributed by atoms with Crippen molar-refractivity contribution >= 4 is 5.91 Å². The average Bonchev–Trinajstić information content (AvgIpc) is 2.18. The number of nitrogens with one attached hydrogen (secondary N) is 1. The van der Waals surface area contributed by atoms with Crippen LogP contribution in [0, 0.1) is 5.82 Å². The summed E-state index contributed by atoms with van der Waals surface area (Å²) >= 11 is 0. The van der Waals surface area contributed by atoms with Gasteiger partial charge in [0.2, 0.25) is 5.91 Å². The molecular formula is C10H13FN2O2. The van der Waals surface area contributed by atoms with Gasteiger partial charge in [0.1, 0.15) is 6.04 Å². The van der Waals surface area contributed by atoms with Crippen molar-refractivity contribution in [3.63, 3.8) is 0 Å². The molecule has 1 unspecified atom stereocenters. The molecule has 5 heteroatoms. The van der Waals surface area contributed by atoms with Crippen molar-refractivity contribution in [1.29, 1.82) is 0 Å². The number of nitrogens with two attached hydrogens (primary N) is 1. The second kappa shape index (κ2) is 4.75. The summed E-state index contributed by atoms with van der Waals surface area (Å²) in [6.45, 7) is 0. The van der Waals surface area contributed by atoms with E-state index in [9.17, 15) is 9.18 Å². The Morgan fingerprint density at radius 3 is 2.67 bits per heavy atom. The zero-order valence-corrected chi connectivity index (χ0v) is 8.58. The van der Waals surface area contributed by atoms with Crippen molar-refractivity contribution in [3.05, 3.63) is 29.6 Å². The van der Waals surface area contributed by atoms with Crippen LogP contribution in [0.15, 0.2) is 18.2 Å². The number of primary amides is 1. The highest BCUT2D eigenvalue weighted by Gasteiger charge is 2.16. The lowest BCUT2D eigenvalue weighted by Crippen LogP contribution is -2.31. The van der Waals surface area contributed by atoms with Gasteiger partial charge in [-0.25, -0.2) is 4.39 Å². The van der Waals surface area contributed by atoms with Crippen LogP contribution in [-0.4, -0.2) is 20.1 Å². The molecule has 1 rings (SSSR count). The van der Waals surface area contributed by atoms with E-state index in [2.05, 4.69) is 5.32 Å². The summed E-state index contributed by atoms with van der Waals surface area (Å²) in [6, 6.07) is 3.58. The number of ether oxygens (including phenoxy) is 1. The molecule has 0 bridgehead atoms. The summed E-state index contributed by atoms with van der Waals surface area (Å²) in [7, 11) is 2.96. The molecule has 0 aliphatic heterocycles. The lowest BCUT2D eigenvalue weighted by Gasteiger charge is -2.13. The summed E-state index contributed by atoms with van der Waals surface area (Å²) in [5.41, 5.74) is 5.62. The number of likely N-dealkylation sites (N-methyl/N-ethyl adjacent to an activating group) is 1. The van der Waals surface area contributed by atoms with E-state index in [0.29, 0.717) is 5.56 Å². The standard InChI is InChI=1S/C10H13FN2O2/c1-13-9(10(12)14)6-3-4-8(15-2)7(11)5-6/h3-5,9,13H,1-2H3,(H2,12,14). The second-order valence-electron chi connectivity index (χ2n) is 3.02. The Bertz CT molecular complexity index is 368. The molecule has 0 radical (unpaired) electrons. The van der Waals surface area contributed by atoms with Gasteiger partial charge >= 0.3 is 0 Å². The van der Waals surface area contributed by atoms with Crippen molar-refractivity contribution in [2.45, 2.75) is 6.04 Å². The predicted octanol–water partition coefficient (Wildman–Crippen LogP) is 0.580. The molecule has 1 atom stereocenters. The van der Waals surface area contributed by atoms with Crippen LogP contribution in [0.25, 0.3) is 0 Å². The zero-order valence-electron chi connectivity index (χ0n) is 8.58. The Morgan fingerprint density at radius 2 is 2.27 bits per heavy atom. The molecule has 0 aliphatic carbocycles. The molecule has 1 aromatic rings. The molecule has 1 amide bonds. The van der Waals surface area contributed by atoms with E-state index in [1.54, 1.807) is 13.1 Å². The maximum Gasteiger partial charge on any atom is 0.239 e. The third kappa shape index (κ3) is 2.44. The quantitative estimate of drug-likeness (QED) is 0.767. The van der Waals surface area contributed by atoms with Crippen molar-refractivity contribution < 1.29 is 13.9 Å². The lowest BCUT2D eigenvalue weighted by molar-refractivity contribution is -0.120. The minimum atomic E-state index is -0.689. The van der Waals surface area contributed by atoms with E-state index in [0.717, 1.165) is 0 Å². The van der Waals surface area contributed by atoms with Crippen LogP contribution < -0.4 is 15.8 Å². The van der Waals surface area contributed by atoms with Gasteiger partial charge in [0.25, 0.3) is 0 Å². The summed E-state index contributed by atoms with van der Waals surface area (Å²) < 4.78 is 18.1. The van der Waals surface area contributed by atoms with E-state index >= 15 is 0 Å². The highest BCUT2D eigenvalue weighted by molar-refractivity contribution is 5.81. The molecule has 0 spiro atoms. The first-order valence-electron chi connectivity index (χ1n) is 4.40. The number of methoxy groups -OCH3 is 1. The van der Waals surface area contributed by atoms with Crippen molar-refractivity contribution in [3.8, 4) is 5.75 Å². The van der Waals surface area contributed by atoms with Crippen molar-refractivity contribution in [2.75, 3.05) is 14.2 Å². The molecule has 0 aromatic heterocycles. The fourth-order valence-corrected chi connectivity index (χ4v) is 1.34. The highest BCUT2D eigenvalue weighted by atomic mass is 19.1. The van der Waals surface area contributed by atoms with E-state index in [1.807, 2.05) is 0 Å². The molecule has 15 heavy (non-hydrogen) atoms. The van der Waals surface area contributed by atoms with Crippen LogP contribution in [0.5, 0.6) is 5.75 Å². The van der Waals surface area contributed by atoms with Crippen LogP contribution in [-0.2, 0) is 4.79 Å². The molecule has 82 valence electrons. The summed E-state index contributed by atoms with van der Waals surface area (Å²) in [5.74, 6) is -0.934. The molecule has 1 aromatic carbocycles. The fraction of sp³-hybridized carbons (Fsp3) is 0.300. The van der Waals surface area contributed by atoms with E-state index in [-0.39, 0.29) is 5.75 Å². The molecule has 0 fully saturated rings. The maximum atomic E-state index is 13.3. The summed E-state index contributed by atoms with van der Waals surface area (Å²) in [4.78, 5) is 11.0. The SMILES string of the molecule is CNC(C(N)=O)c1ccc(OC)c(F)c1. The van der Waals surface area contributed by atoms with E-state index in [1.165, 1.54) is 19.2 Å². The maximum absolute atomic E-state index is 13.3. The zero-order chi connectivity index (χ0) is 11.4. The van der Waals surface area contributed by atoms with Gasteiger partial charge in [0.15, 0.2) is 11.6 Å². The summed E-state index contributed by atoms with van der Waals surface area (Å²) in [5, 5.41) is 2.70. The van der Waals surface area contributed by atoms with Crippen LogP contribution in [0.2, 0.25) is 0 Å². The van der Waals surface area contributed by atoms with Crippen LogP contribution in [0.3, 0.4) is 0 Å². The smallest absolute Gasteiger partial charge is 0.239 e. The van der Waals surface area contributed by atoms with Crippen LogP contribution in [0.4, 0.5) is 4.39 Å². The van der Waals surface area contributed by atoms with Crippen molar-refractivity contribution in [1.82, 2.24) is 5.32 Å². The number of hydrogen-bond donors (Lipinski definition) is 2. The van der Waals surface area contributed by atoms with Gasteiger partial charge in [-0.2, -0.15) is 0 Å². The lowest BCUT2D eigenvalue weighted by atomic mass is 10.1. The third-order valence-electron chi connectivity index (χ3n) is 2.08. The second-order valence-corrected chi connectivity index (χ2v) is 3.02. The number of benzene rings is 1. The Hall–Kier alpha value is -1.62. The average molecular weight is 212 g/mol. The molecule has 0 aliphatic rings. The van der Waals surface area contributed by atoms with Gasteiger partial charge in [-0.3, -0.25) is 4.79 Å². The van der Waals surface area contributed by atoms with E-state index < -0.39 is 17.8 Å². The number of amides is 1. The van der Waals surface area contributed by atoms with Gasteiger partial charge in [0, 0.05) is 0 Å². The Morgan fingerprint density at radius 1 is 1.60 bits per heavy atom. The van der Waals surface area contributed by atoms with Crippen LogP contribution >= 0.6 is 0 Å². The molecule has 4 nitrogen and oxygen atoms in total.